The average molecular weight is 434 g/mol. The van der Waals surface area contributed by atoms with Crippen LogP contribution in [0, 0.1) is 6.92 Å². The van der Waals surface area contributed by atoms with Crippen LogP contribution in [0.1, 0.15) is 59.8 Å². The zero-order chi connectivity index (χ0) is 22.8. The number of alkyl halides is 2. The number of rotatable bonds is 6. The van der Waals surface area contributed by atoms with Crippen LogP contribution in [-0.2, 0) is 0 Å². The van der Waals surface area contributed by atoms with Gasteiger partial charge in [0.05, 0.1) is 11.9 Å². The molecule has 1 N–H and O–H groups in total. The number of carbonyl (C=O) groups excluding carboxylic acids is 1. The molecule has 0 radical (unpaired) electrons. The summed E-state index contributed by atoms with van der Waals surface area (Å²) in [5.41, 5.74) is 3.81. The lowest BCUT2D eigenvalue weighted by Crippen LogP contribution is -2.13. The van der Waals surface area contributed by atoms with Crippen molar-refractivity contribution in [2.75, 3.05) is 5.32 Å². The largest absolute Gasteiger partial charge is 0.322 e. The van der Waals surface area contributed by atoms with E-state index in [2.05, 4.69) is 29.2 Å². The van der Waals surface area contributed by atoms with E-state index < -0.39 is 12.3 Å². The Hall–Kier alpha value is -3.61. The first-order valence-corrected chi connectivity index (χ1v) is 10.5. The van der Waals surface area contributed by atoms with E-state index in [0.29, 0.717) is 22.9 Å². The Morgan fingerprint density at radius 2 is 1.78 bits per heavy atom. The summed E-state index contributed by atoms with van der Waals surface area (Å²) in [5.74, 6) is -0.0263. The second-order valence-corrected chi connectivity index (χ2v) is 7.91. The lowest BCUT2D eigenvalue weighted by molar-refractivity contribution is 0.102. The molecule has 0 aliphatic carbocycles. The van der Waals surface area contributed by atoms with E-state index in [4.69, 9.17) is 0 Å². The number of fused-ring (bicyclic) bond motifs is 1. The molecule has 0 fully saturated rings. The summed E-state index contributed by atoms with van der Waals surface area (Å²) in [6.07, 6.45) is -0.473. The van der Waals surface area contributed by atoms with Gasteiger partial charge in [-0.3, -0.25) is 4.79 Å². The van der Waals surface area contributed by atoms with Crippen molar-refractivity contribution in [3.8, 4) is 11.3 Å². The smallest absolute Gasteiger partial charge is 0.280 e. The molecule has 5 nitrogen and oxygen atoms in total. The van der Waals surface area contributed by atoms with Crippen LogP contribution < -0.4 is 5.32 Å². The van der Waals surface area contributed by atoms with E-state index in [0.717, 1.165) is 16.5 Å². The maximum Gasteiger partial charge on any atom is 0.280 e. The summed E-state index contributed by atoms with van der Waals surface area (Å²) < 4.78 is 28.5. The van der Waals surface area contributed by atoms with E-state index in [9.17, 15) is 13.6 Å². The van der Waals surface area contributed by atoms with Crippen molar-refractivity contribution in [3.63, 3.8) is 0 Å². The van der Waals surface area contributed by atoms with E-state index in [1.54, 1.807) is 0 Å². The van der Waals surface area contributed by atoms with Gasteiger partial charge in [0.2, 0.25) is 0 Å². The van der Waals surface area contributed by atoms with Gasteiger partial charge in [-0.1, -0.05) is 55.8 Å². The molecule has 0 aliphatic rings. The van der Waals surface area contributed by atoms with Crippen LogP contribution in [0.4, 0.5) is 14.5 Å². The van der Waals surface area contributed by atoms with Crippen LogP contribution in [0.3, 0.4) is 0 Å². The van der Waals surface area contributed by atoms with Crippen molar-refractivity contribution < 1.29 is 13.6 Å². The number of aryl methyl sites for hydroxylation is 1. The van der Waals surface area contributed by atoms with Gasteiger partial charge < -0.3 is 5.32 Å². The molecule has 1 unspecified atom stereocenters. The molecule has 0 saturated heterocycles. The van der Waals surface area contributed by atoms with Gasteiger partial charge in [0.15, 0.2) is 5.65 Å². The van der Waals surface area contributed by atoms with Gasteiger partial charge >= 0.3 is 0 Å². The summed E-state index contributed by atoms with van der Waals surface area (Å²) in [6, 6.07) is 16.3. The molecule has 1 amide bonds. The standard InChI is InChI=1S/C25H24F2N4O/c1-4-16(3)17-9-11-19(12-10-17)29-25(32)20-14-28-31-22(23(26)27)13-21(30-24(20)31)18-7-5-15(2)6-8-18/h5-14,16,23H,4H2,1-3H3,(H,29,32). The Balaban J connectivity index is 1.71. The third-order valence-corrected chi connectivity index (χ3v) is 5.66. The van der Waals surface area contributed by atoms with Crippen molar-refractivity contribution in [2.24, 2.45) is 0 Å². The van der Waals surface area contributed by atoms with Crippen molar-refractivity contribution in [3.05, 3.63) is 83.2 Å². The van der Waals surface area contributed by atoms with Crippen molar-refractivity contribution in [1.82, 2.24) is 14.6 Å². The molecule has 2 aromatic heterocycles. The number of carbonyl (C=O) groups is 1. The molecule has 32 heavy (non-hydrogen) atoms. The number of halogens is 2. The second kappa shape index (κ2) is 8.86. The second-order valence-electron chi connectivity index (χ2n) is 7.91. The topological polar surface area (TPSA) is 59.3 Å². The molecule has 164 valence electrons. The number of nitrogens with one attached hydrogen (secondary N) is 1. The normalized spacial score (nSPS) is 12.3. The van der Waals surface area contributed by atoms with Gasteiger partial charge in [-0.05, 0) is 43.0 Å². The minimum atomic E-state index is -2.77. The Bertz CT molecular complexity index is 1250. The van der Waals surface area contributed by atoms with Crippen molar-refractivity contribution >= 4 is 17.2 Å². The maximum atomic E-state index is 13.8. The van der Waals surface area contributed by atoms with Crippen LogP contribution >= 0.6 is 0 Å². The Labute approximate surface area is 185 Å². The number of hydrogen-bond acceptors (Lipinski definition) is 3. The van der Waals surface area contributed by atoms with E-state index in [-0.39, 0.29) is 16.9 Å². The van der Waals surface area contributed by atoms with Gasteiger partial charge in [-0.2, -0.15) is 5.10 Å². The third kappa shape index (κ3) is 4.23. The molecular weight excluding hydrogens is 410 g/mol. The highest BCUT2D eigenvalue weighted by Crippen LogP contribution is 2.27. The van der Waals surface area contributed by atoms with Gasteiger partial charge in [0.25, 0.3) is 12.3 Å². The zero-order valence-corrected chi connectivity index (χ0v) is 18.1. The molecule has 4 rings (SSSR count). The number of aromatic nitrogens is 3. The Morgan fingerprint density at radius 3 is 2.41 bits per heavy atom. The SMILES string of the molecule is CCC(C)c1ccc(NC(=O)c2cnn3c(C(F)F)cc(-c4ccc(C)cc4)nc23)cc1. The molecule has 2 aromatic carbocycles. The van der Waals surface area contributed by atoms with E-state index in [1.807, 2.05) is 55.5 Å². The summed E-state index contributed by atoms with van der Waals surface area (Å²) in [7, 11) is 0. The van der Waals surface area contributed by atoms with E-state index in [1.165, 1.54) is 17.8 Å². The van der Waals surface area contributed by atoms with Crippen molar-refractivity contribution in [1.29, 1.82) is 0 Å². The fourth-order valence-electron chi connectivity index (χ4n) is 3.50. The molecule has 7 heteroatoms. The number of nitrogens with zero attached hydrogens (tertiary/aromatic N) is 3. The van der Waals surface area contributed by atoms with Crippen LogP contribution in [0.15, 0.2) is 60.8 Å². The Kier molecular flexibility index (Phi) is 5.99. The number of benzene rings is 2. The van der Waals surface area contributed by atoms with Crippen LogP contribution in [-0.4, -0.2) is 20.5 Å². The zero-order valence-electron chi connectivity index (χ0n) is 18.1. The molecule has 4 aromatic rings. The number of amides is 1. The van der Waals surface area contributed by atoms with E-state index >= 15 is 0 Å². The number of anilines is 1. The summed E-state index contributed by atoms with van der Waals surface area (Å²) in [4.78, 5) is 17.4. The first-order valence-electron chi connectivity index (χ1n) is 10.5. The first kappa shape index (κ1) is 21.6. The lowest BCUT2D eigenvalue weighted by atomic mass is 9.99. The van der Waals surface area contributed by atoms with Crippen molar-refractivity contribution in [2.45, 2.75) is 39.5 Å². The summed E-state index contributed by atoms with van der Waals surface area (Å²) in [6.45, 7) is 6.21. The number of hydrogen-bond donors (Lipinski definition) is 1. The Morgan fingerprint density at radius 1 is 1.09 bits per heavy atom. The minimum Gasteiger partial charge on any atom is -0.322 e. The molecule has 0 spiro atoms. The molecule has 2 heterocycles. The summed E-state index contributed by atoms with van der Waals surface area (Å²) >= 11 is 0. The maximum absolute atomic E-state index is 13.8. The average Bonchev–Trinajstić information content (AvgIpc) is 3.23. The van der Waals surface area contributed by atoms with Crippen LogP contribution in [0.2, 0.25) is 0 Å². The highest BCUT2D eigenvalue weighted by molar-refractivity contribution is 6.08. The van der Waals surface area contributed by atoms with Crippen LogP contribution in [0.25, 0.3) is 16.9 Å². The van der Waals surface area contributed by atoms with Gasteiger partial charge in [0.1, 0.15) is 11.3 Å². The highest BCUT2D eigenvalue weighted by atomic mass is 19.3. The highest BCUT2D eigenvalue weighted by Gasteiger charge is 2.21. The first-order chi connectivity index (χ1) is 15.4. The minimum absolute atomic E-state index is 0.0899. The predicted octanol–water partition coefficient (Wildman–Crippen LogP) is 6.41. The predicted molar refractivity (Wildman–Crippen MR) is 121 cm³/mol. The molecule has 0 saturated carbocycles. The molecule has 0 aliphatic heterocycles. The van der Waals surface area contributed by atoms with Gasteiger partial charge in [0, 0.05) is 11.3 Å². The fourth-order valence-corrected chi connectivity index (χ4v) is 3.50. The fraction of sp³-hybridized carbons (Fsp3) is 0.240. The third-order valence-electron chi connectivity index (χ3n) is 5.66. The quantitative estimate of drug-likeness (QED) is 0.382. The molecule has 0 bridgehead atoms. The molecular formula is C25H24F2N4O. The lowest BCUT2D eigenvalue weighted by Gasteiger charge is -2.11. The van der Waals surface area contributed by atoms with Gasteiger partial charge in [-0.25, -0.2) is 18.3 Å². The summed E-state index contributed by atoms with van der Waals surface area (Å²) in [5, 5.41) is 6.83. The monoisotopic (exact) mass is 434 g/mol. The van der Waals surface area contributed by atoms with Gasteiger partial charge in [-0.15, -0.1) is 0 Å². The molecule has 1 atom stereocenters. The van der Waals surface area contributed by atoms with Crippen LogP contribution in [0.5, 0.6) is 0 Å².